The zero-order chi connectivity index (χ0) is 15.7. The van der Waals surface area contributed by atoms with Gasteiger partial charge in [-0.3, -0.25) is 9.78 Å². The first kappa shape index (κ1) is 14.2. The van der Waals surface area contributed by atoms with E-state index in [0.717, 1.165) is 0 Å². The number of aromatic nitrogens is 2. The van der Waals surface area contributed by atoms with Crippen molar-refractivity contribution in [3.05, 3.63) is 74.2 Å². The molecule has 3 rings (SSSR count). The number of hydrogen-bond acceptors (Lipinski definition) is 5. The van der Waals surface area contributed by atoms with Crippen molar-refractivity contribution in [2.75, 3.05) is 0 Å². The van der Waals surface area contributed by atoms with Crippen molar-refractivity contribution < 1.29 is 4.42 Å². The lowest BCUT2D eigenvalue weighted by molar-refractivity contribution is 0.480. The van der Waals surface area contributed by atoms with Crippen LogP contribution in [0.1, 0.15) is 12.5 Å². The second-order valence-corrected chi connectivity index (χ2v) is 4.99. The molecular formula is C15H10ClN3O3. The van der Waals surface area contributed by atoms with Gasteiger partial charge in [0.1, 0.15) is 5.58 Å². The van der Waals surface area contributed by atoms with Crippen LogP contribution in [-0.2, 0) is 0 Å². The van der Waals surface area contributed by atoms with Crippen LogP contribution in [0.25, 0.3) is 11.0 Å². The highest BCUT2D eigenvalue weighted by molar-refractivity contribution is 6.31. The Balaban J connectivity index is 2.23. The Hall–Kier alpha value is -2.73. The van der Waals surface area contributed by atoms with Gasteiger partial charge in [-0.05, 0) is 31.2 Å². The predicted molar refractivity (Wildman–Crippen MR) is 83.6 cm³/mol. The van der Waals surface area contributed by atoms with E-state index in [1.165, 1.54) is 12.1 Å². The molecular weight excluding hydrogens is 306 g/mol. The molecule has 0 amide bonds. The Morgan fingerprint density at radius 2 is 2.14 bits per heavy atom. The molecule has 0 unspecified atom stereocenters. The molecule has 0 aliphatic rings. The standard InChI is InChI=1S/C15H10ClN3O3/c1-9(10-3-2-6-17-8-10)18-19-14(20)12-7-11(16)4-5-13(12)22-15(19)21/h2-8H,1H3/b18-9+. The Labute approximate surface area is 129 Å². The average molecular weight is 316 g/mol. The smallest absolute Gasteiger partial charge is 0.408 e. The number of nitrogens with zero attached hydrogens (tertiary/aromatic N) is 3. The van der Waals surface area contributed by atoms with Crippen molar-refractivity contribution in [3.63, 3.8) is 0 Å². The number of pyridine rings is 1. The lowest BCUT2D eigenvalue weighted by Crippen LogP contribution is -2.30. The highest BCUT2D eigenvalue weighted by atomic mass is 35.5. The largest absolute Gasteiger partial charge is 0.443 e. The van der Waals surface area contributed by atoms with Crippen molar-refractivity contribution in [1.82, 2.24) is 9.66 Å². The summed E-state index contributed by atoms with van der Waals surface area (Å²) >= 11 is 5.87. The van der Waals surface area contributed by atoms with Crippen LogP contribution in [0.3, 0.4) is 0 Å². The first-order chi connectivity index (χ1) is 10.6. The van der Waals surface area contributed by atoms with Crippen molar-refractivity contribution >= 4 is 28.3 Å². The number of rotatable bonds is 2. The highest BCUT2D eigenvalue weighted by Gasteiger charge is 2.10. The van der Waals surface area contributed by atoms with Crippen LogP contribution < -0.4 is 11.3 Å². The normalized spacial score (nSPS) is 11.8. The molecule has 22 heavy (non-hydrogen) atoms. The van der Waals surface area contributed by atoms with Crippen molar-refractivity contribution in [3.8, 4) is 0 Å². The fourth-order valence-corrected chi connectivity index (χ4v) is 2.14. The maximum Gasteiger partial charge on any atom is 0.443 e. The molecule has 0 saturated carbocycles. The van der Waals surface area contributed by atoms with Gasteiger partial charge in [0.25, 0.3) is 5.56 Å². The molecule has 0 aliphatic heterocycles. The predicted octanol–water partition coefficient (Wildman–Crippen LogP) is 2.28. The van der Waals surface area contributed by atoms with Gasteiger partial charge in [-0.2, -0.15) is 5.10 Å². The Morgan fingerprint density at radius 1 is 1.32 bits per heavy atom. The minimum atomic E-state index is -0.858. The summed E-state index contributed by atoms with van der Waals surface area (Å²) in [5.74, 6) is -0.858. The fraction of sp³-hybridized carbons (Fsp3) is 0.0667. The lowest BCUT2D eigenvalue weighted by Gasteiger charge is -2.03. The van der Waals surface area contributed by atoms with E-state index in [0.29, 0.717) is 21.0 Å². The lowest BCUT2D eigenvalue weighted by atomic mass is 10.2. The number of halogens is 1. The van der Waals surface area contributed by atoms with E-state index in [9.17, 15) is 9.59 Å². The number of hydrogen-bond donors (Lipinski definition) is 0. The van der Waals surface area contributed by atoms with Gasteiger partial charge in [0.2, 0.25) is 0 Å². The highest BCUT2D eigenvalue weighted by Crippen LogP contribution is 2.14. The minimum absolute atomic E-state index is 0.171. The summed E-state index contributed by atoms with van der Waals surface area (Å²) < 4.78 is 5.77. The second-order valence-electron chi connectivity index (χ2n) is 4.55. The van der Waals surface area contributed by atoms with Crippen LogP contribution in [0.4, 0.5) is 0 Å². The van der Waals surface area contributed by atoms with Gasteiger partial charge in [0, 0.05) is 23.0 Å². The quantitative estimate of drug-likeness (QED) is 0.680. The summed E-state index contributed by atoms with van der Waals surface area (Å²) in [7, 11) is 0. The SMILES string of the molecule is C/C(=N\n1c(=O)oc2ccc(Cl)cc2c1=O)c1cccnc1. The Kier molecular flexibility index (Phi) is 3.60. The molecule has 2 heterocycles. The summed E-state index contributed by atoms with van der Waals surface area (Å²) in [5, 5.41) is 4.60. The first-order valence-electron chi connectivity index (χ1n) is 6.37. The van der Waals surface area contributed by atoms with Crippen molar-refractivity contribution in [2.45, 2.75) is 6.92 Å². The van der Waals surface area contributed by atoms with Crippen LogP contribution >= 0.6 is 11.6 Å². The van der Waals surface area contributed by atoms with Gasteiger partial charge in [0.15, 0.2) is 0 Å². The third-order valence-electron chi connectivity index (χ3n) is 3.06. The molecule has 0 N–H and O–H groups in total. The fourth-order valence-electron chi connectivity index (χ4n) is 1.96. The van der Waals surface area contributed by atoms with E-state index in [1.54, 1.807) is 37.5 Å². The summed E-state index contributed by atoms with van der Waals surface area (Å²) in [6.07, 6.45) is 3.21. The molecule has 0 atom stereocenters. The van der Waals surface area contributed by atoms with Gasteiger partial charge in [-0.25, -0.2) is 4.79 Å². The van der Waals surface area contributed by atoms with Crippen LogP contribution in [0.2, 0.25) is 5.02 Å². The third-order valence-corrected chi connectivity index (χ3v) is 3.30. The van der Waals surface area contributed by atoms with E-state index in [4.69, 9.17) is 16.0 Å². The molecule has 1 aromatic carbocycles. The van der Waals surface area contributed by atoms with Gasteiger partial charge < -0.3 is 4.42 Å². The monoisotopic (exact) mass is 315 g/mol. The van der Waals surface area contributed by atoms with E-state index < -0.39 is 11.3 Å². The Bertz CT molecular complexity index is 990. The number of fused-ring (bicyclic) bond motifs is 1. The molecule has 0 spiro atoms. The maximum atomic E-state index is 12.4. The zero-order valence-electron chi connectivity index (χ0n) is 11.5. The molecule has 2 aromatic heterocycles. The maximum absolute atomic E-state index is 12.4. The summed E-state index contributed by atoms with van der Waals surface area (Å²) in [4.78, 5) is 28.3. The van der Waals surface area contributed by atoms with Crippen LogP contribution in [0.15, 0.2) is 61.8 Å². The topological polar surface area (TPSA) is 77.5 Å². The van der Waals surface area contributed by atoms with Crippen molar-refractivity contribution in [2.24, 2.45) is 5.10 Å². The first-order valence-corrected chi connectivity index (χ1v) is 6.75. The average Bonchev–Trinajstić information content (AvgIpc) is 2.53. The molecule has 0 saturated heterocycles. The molecule has 0 radical (unpaired) electrons. The third kappa shape index (κ3) is 2.56. The van der Waals surface area contributed by atoms with E-state index >= 15 is 0 Å². The Morgan fingerprint density at radius 3 is 2.86 bits per heavy atom. The summed E-state index contributed by atoms with van der Waals surface area (Å²) in [6.45, 7) is 1.67. The molecule has 0 bridgehead atoms. The number of benzene rings is 1. The van der Waals surface area contributed by atoms with E-state index in [-0.39, 0.29) is 11.0 Å². The van der Waals surface area contributed by atoms with Crippen LogP contribution in [0, 0.1) is 0 Å². The molecule has 3 aromatic rings. The van der Waals surface area contributed by atoms with Crippen LogP contribution in [0.5, 0.6) is 0 Å². The summed E-state index contributed by atoms with van der Waals surface area (Å²) in [5.41, 5.74) is 0.741. The van der Waals surface area contributed by atoms with Gasteiger partial charge in [-0.1, -0.05) is 17.7 Å². The van der Waals surface area contributed by atoms with E-state index in [1.807, 2.05) is 0 Å². The van der Waals surface area contributed by atoms with E-state index in [2.05, 4.69) is 10.1 Å². The summed E-state index contributed by atoms with van der Waals surface area (Å²) in [6, 6.07) is 7.97. The van der Waals surface area contributed by atoms with Gasteiger partial charge in [-0.15, -0.1) is 4.68 Å². The molecule has 7 heteroatoms. The van der Waals surface area contributed by atoms with Crippen molar-refractivity contribution in [1.29, 1.82) is 0 Å². The molecule has 0 fully saturated rings. The molecule has 0 aliphatic carbocycles. The minimum Gasteiger partial charge on any atom is -0.408 e. The van der Waals surface area contributed by atoms with Gasteiger partial charge in [0.05, 0.1) is 11.1 Å². The van der Waals surface area contributed by atoms with Gasteiger partial charge >= 0.3 is 5.76 Å². The second kappa shape index (κ2) is 5.57. The zero-order valence-corrected chi connectivity index (χ0v) is 12.2. The molecule has 110 valence electrons. The van der Waals surface area contributed by atoms with Crippen LogP contribution in [-0.4, -0.2) is 15.4 Å². The molecule has 6 nitrogen and oxygen atoms in total.